The van der Waals surface area contributed by atoms with Gasteiger partial charge in [0.2, 0.25) is 6.41 Å². The highest BCUT2D eigenvalue weighted by atomic mass is 35.6. The molecule has 152 valence electrons. The Kier molecular flexibility index (Phi) is 8.71. The Bertz CT molecular complexity index is 772. The number of carbonyl (C=O) groups excluding carboxylic acids is 1. The zero-order valence-electron chi connectivity index (χ0n) is 14.1. The highest BCUT2D eigenvalue weighted by molar-refractivity contribution is 6.68. The second-order valence-electron chi connectivity index (χ2n) is 5.61. The van der Waals surface area contributed by atoms with Gasteiger partial charge in [-0.3, -0.25) is 4.79 Å². The number of amides is 1. The van der Waals surface area contributed by atoms with Crippen molar-refractivity contribution in [2.45, 2.75) is 20.4 Å². The summed E-state index contributed by atoms with van der Waals surface area (Å²) in [4.78, 5) is 25.5. The molecule has 0 bridgehead atoms. The quantitative estimate of drug-likeness (QED) is 0.351. The van der Waals surface area contributed by atoms with Gasteiger partial charge in [-0.05, 0) is 24.3 Å². The van der Waals surface area contributed by atoms with Crippen LogP contribution in [0.5, 0.6) is 0 Å². The van der Waals surface area contributed by atoms with Crippen LogP contribution in [0.25, 0.3) is 11.4 Å². The molecule has 1 aromatic carbocycles. The molecule has 0 aliphatic rings. The fourth-order valence-corrected chi connectivity index (χ4v) is 3.15. The lowest BCUT2D eigenvalue weighted by Gasteiger charge is -2.16. The van der Waals surface area contributed by atoms with Crippen molar-refractivity contribution >= 4 is 93.3 Å². The maximum absolute atomic E-state index is 11.2. The maximum atomic E-state index is 11.2. The van der Waals surface area contributed by atoms with Crippen molar-refractivity contribution in [3.8, 4) is 11.4 Å². The van der Waals surface area contributed by atoms with E-state index >= 15 is 0 Å². The summed E-state index contributed by atoms with van der Waals surface area (Å²) in [6.45, 7) is 0.386. The standard InChI is InChI=1S/C16H13Cl7N4O/c17-5-6-27(9-28)11-3-1-10(2-4-11)14-25-12(7-15(18,19)20)24-13(26-14)8-16(21,22)23/h1-4,9H,5-8H2. The van der Waals surface area contributed by atoms with Crippen molar-refractivity contribution in [3.63, 3.8) is 0 Å². The Morgan fingerprint density at radius 2 is 1.36 bits per heavy atom. The van der Waals surface area contributed by atoms with Gasteiger partial charge in [0, 0.05) is 23.7 Å². The number of aromatic nitrogens is 3. The van der Waals surface area contributed by atoms with Gasteiger partial charge in [-0.2, -0.15) is 0 Å². The minimum atomic E-state index is -1.59. The first-order chi connectivity index (χ1) is 13.0. The van der Waals surface area contributed by atoms with E-state index in [2.05, 4.69) is 15.0 Å². The molecule has 0 saturated carbocycles. The molecule has 0 spiro atoms. The van der Waals surface area contributed by atoms with Crippen LogP contribution in [-0.4, -0.2) is 41.4 Å². The van der Waals surface area contributed by atoms with E-state index in [1.165, 1.54) is 4.90 Å². The molecule has 1 heterocycles. The van der Waals surface area contributed by atoms with E-state index in [9.17, 15) is 4.79 Å². The van der Waals surface area contributed by atoms with Crippen molar-refractivity contribution in [3.05, 3.63) is 35.9 Å². The molecule has 0 N–H and O–H groups in total. The van der Waals surface area contributed by atoms with Crippen LogP contribution in [0.3, 0.4) is 0 Å². The Labute approximate surface area is 197 Å². The van der Waals surface area contributed by atoms with Crippen molar-refractivity contribution < 1.29 is 4.79 Å². The number of hydrogen-bond acceptors (Lipinski definition) is 4. The summed E-state index contributed by atoms with van der Waals surface area (Å²) in [6, 6.07) is 6.97. The third-order valence-electron chi connectivity index (χ3n) is 3.35. The van der Waals surface area contributed by atoms with E-state index in [0.29, 0.717) is 35.9 Å². The summed E-state index contributed by atoms with van der Waals surface area (Å²) >= 11 is 40.8. The largest absolute Gasteiger partial charge is 0.314 e. The first-order valence-corrected chi connectivity index (χ1v) is 10.6. The third kappa shape index (κ3) is 7.86. The fraction of sp³-hybridized carbons (Fsp3) is 0.375. The number of hydrogen-bond donors (Lipinski definition) is 0. The first-order valence-electron chi connectivity index (χ1n) is 7.76. The van der Waals surface area contributed by atoms with E-state index in [1.54, 1.807) is 24.3 Å². The summed E-state index contributed by atoms with van der Waals surface area (Å²) in [7, 11) is 0. The Morgan fingerprint density at radius 3 is 1.75 bits per heavy atom. The smallest absolute Gasteiger partial charge is 0.214 e. The molecule has 0 unspecified atom stereocenters. The summed E-state index contributed by atoms with van der Waals surface area (Å²) in [5.74, 6) is 1.13. The first kappa shape index (κ1) is 24.0. The molecule has 0 aliphatic heterocycles. The summed E-state index contributed by atoms with van der Waals surface area (Å²) in [6.07, 6.45) is 0.609. The molecule has 2 aromatic rings. The molecule has 0 saturated heterocycles. The van der Waals surface area contributed by atoms with E-state index in [1.807, 2.05) is 0 Å². The monoisotopic (exact) mass is 522 g/mol. The molecule has 5 nitrogen and oxygen atoms in total. The minimum absolute atomic E-state index is 0.0488. The van der Waals surface area contributed by atoms with Crippen LogP contribution >= 0.6 is 81.2 Å². The Hall–Kier alpha value is -0.270. The highest BCUT2D eigenvalue weighted by Gasteiger charge is 2.26. The van der Waals surface area contributed by atoms with Gasteiger partial charge >= 0.3 is 0 Å². The number of anilines is 1. The molecule has 12 heteroatoms. The summed E-state index contributed by atoms with van der Waals surface area (Å²) < 4.78 is -3.18. The van der Waals surface area contributed by atoms with Gasteiger partial charge in [0.1, 0.15) is 11.6 Å². The molecule has 2 rings (SSSR count). The topological polar surface area (TPSA) is 59.0 Å². The van der Waals surface area contributed by atoms with Crippen molar-refractivity contribution in [2.75, 3.05) is 17.3 Å². The number of nitrogens with zero attached hydrogens (tertiary/aromatic N) is 4. The number of halogens is 7. The van der Waals surface area contributed by atoms with Gasteiger partial charge in [0.05, 0.1) is 12.8 Å². The van der Waals surface area contributed by atoms with Crippen LogP contribution in [0.4, 0.5) is 5.69 Å². The summed E-state index contributed by atoms with van der Waals surface area (Å²) in [5.41, 5.74) is 1.33. The van der Waals surface area contributed by atoms with Crippen LogP contribution in [0.15, 0.2) is 24.3 Å². The van der Waals surface area contributed by atoms with Crippen molar-refractivity contribution in [1.29, 1.82) is 0 Å². The Balaban J connectivity index is 2.41. The normalized spacial score (nSPS) is 12.1. The van der Waals surface area contributed by atoms with Gasteiger partial charge in [-0.25, -0.2) is 15.0 Å². The van der Waals surface area contributed by atoms with E-state index in [-0.39, 0.29) is 24.5 Å². The second kappa shape index (κ2) is 10.2. The lowest BCUT2D eigenvalue weighted by molar-refractivity contribution is -0.107. The van der Waals surface area contributed by atoms with Gasteiger partial charge < -0.3 is 4.90 Å². The molecular weight excluding hydrogens is 512 g/mol. The van der Waals surface area contributed by atoms with Crippen molar-refractivity contribution in [2.24, 2.45) is 0 Å². The predicted octanol–water partition coefficient (Wildman–Crippen LogP) is 5.57. The molecule has 1 amide bonds. The van der Waals surface area contributed by atoms with Gasteiger partial charge in [-0.1, -0.05) is 69.6 Å². The Morgan fingerprint density at radius 1 is 0.857 bits per heavy atom. The zero-order valence-corrected chi connectivity index (χ0v) is 19.3. The maximum Gasteiger partial charge on any atom is 0.214 e. The van der Waals surface area contributed by atoms with Crippen LogP contribution in [0, 0.1) is 0 Å². The lowest BCUT2D eigenvalue weighted by Crippen LogP contribution is -2.23. The fourth-order valence-electron chi connectivity index (χ4n) is 2.25. The second-order valence-corrected chi connectivity index (χ2v) is 11.0. The SMILES string of the molecule is O=CN(CCCl)c1ccc(-c2nc(CC(Cl)(Cl)Cl)nc(CC(Cl)(Cl)Cl)n2)cc1. The van der Waals surface area contributed by atoms with Gasteiger partial charge in [0.15, 0.2) is 13.4 Å². The number of rotatable bonds is 7. The van der Waals surface area contributed by atoms with E-state index < -0.39 is 7.59 Å². The third-order valence-corrected chi connectivity index (χ3v) is 4.33. The van der Waals surface area contributed by atoms with E-state index in [0.717, 1.165) is 0 Å². The highest BCUT2D eigenvalue weighted by Crippen LogP contribution is 2.32. The van der Waals surface area contributed by atoms with Gasteiger partial charge in [0.25, 0.3) is 0 Å². The lowest BCUT2D eigenvalue weighted by atomic mass is 10.2. The molecule has 0 aliphatic carbocycles. The minimum Gasteiger partial charge on any atom is -0.314 e. The van der Waals surface area contributed by atoms with Crippen molar-refractivity contribution in [1.82, 2.24) is 15.0 Å². The molecule has 0 fully saturated rings. The average molecular weight is 525 g/mol. The molecule has 1 aromatic heterocycles. The summed E-state index contributed by atoms with van der Waals surface area (Å²) in [5, 5.41) is 0. The van der Waals surface area contributed by atoms with Crippen LogP contribution in [-0.2, 0) is 17.6 Å². The number of benzene rings is 1. The van der Waals surface area contributed by atoms with E-state index in [4.69, 9.17) is 81.2 Å². The predicted molar refractivity (Wildman–Crippen MR) is 117 cm³/mol. The zero-order chi connectivity index (χ0) is 20.9. The van der Waals surface area contributed by atoms with Crippen LogP contribution < -0.4 is 4.90 Å². The molecule has 28 heavy (non-hydrogen) atoms. The molecule has 0 atom stereocenters. The average Bonchev–Trinajstić information content (AvgIpc) is 2.56. The number of alkyl halides is 7. The molecule has 0 radical (unpaired) electrons. The molecular formula is C16H13Cl7N4O. The van der Waals surface area contributed by atoms with Crippen LogP contribution in [0.2, 0.25) is 0 Å². The number of carbonyl (C=O) groups is 1. The van der Waals surface area contributed by atoms with Crippen LogP contribution in [0.1, 0.15) is 11.6 Å². The van der Waals surface area contributed by atoms with Gasteiger partial charge in [-0.15, -0.1) is 11.6 Å².